The van der Waals surface area contributed by atoms with Gasteiger partial charge in [-0.05, 0) is 17.7 Å². The molecule has 3 aromatic rings. The van der Waals surface area contributed by atoms with Gasteiger partial charge >= 0.3 is 0 Å². The van der Waals surface area contributed by atoms with Crippen molar-refractivity contribution in [1.82, 2.24) is 20.2 Å². The molecule has 2 aromatic heterocycles. The molecule has 0 atom stereocenters. The van der Waals surface area contributed by atoms with Gasteiger partial charge in [-0.25, -0.2) is 9.97 Å². The first-order chi connectivity index (χ1) is 13.8. The number of anilines is 1. The Morgan fingerprint density at radius 2 is 1.86 bits per heavy atom. The monoisotopic (exact) mass is 377 g/mol. The van der Waals surface area contributed by atoms with Crippen molar-refractivity contribution in [3.05, 3.63) is 78.1 Å². The molecule has 1 aliphatic rings. The average Bonchev–Trinajstić information content (AvgIpc) is 3.27. The number of nitrogens with one attached hydrogen (secondary N) is 1. The average molecular weight is 377 g/mol. The van der Waals surface area contributed by atoms with Crippen molar-refractivity contribution >= 4 is 11.7 Å². The molecule has 0 radical (unpaired) electrons. The van der Waals surface area contributed by atoms with Crippen molar-refractivity contribution in [2.75, 3.05) is 31.1 Å². The zero-order valence-electron chi connectivity index (χ0n) is 15.6. The van der Waals surface area contributed by atoms with E-state index in [9.17, 15) is 4.79 Å². The highest BCUT2D eigenvalue weighted by Crippen LogP contribution is 2.15. The highest BCUT2D eigenvalue weighted by atomic mass is 16.3. The summed E-state index contributed by atoms with van der Waals surface area (Å²) < 4.78 is 5.23. The summed E-state index contributed by atoms with van der Waals surface area (Å²) in [6.07, 6.45) is 3.04. The highest BCUT2D eigenvalue weighted by Gasteiger charge is 2.19. The summed E-state index contributed by atoms with van der Waals surface area (Å²) in [6.45, 7) is 4.95. The fourth-order valence-electron chi connectivity index (χ4n) is 3.29. The molecule has 0 saturated carbocycles. The molecule has 1 amide bonds. The molecule has 1 saturated heterocycles. The van der Waals surface area contributed by atoms with Gasteiger partial charge in [0.1, 0.15) is 23.6 Å². The SMILES string of the molecule is O=C(NCc1ccco1)c1cc(N2CCN(Cc3ccccc3)CC2)ncn1. The molecule has 7 heteroatoms. The third-order valence-corrected chi connectivity index (χ3v) is 4.83. The number of furan rings is 1. The summed E-state index contributed by atoms with van der Waals surface area (Å²) in [5.74, 6) is 1.26. The minimum Gasteiger partial charge on any atom is -0.467 e. The minimum absolute atomic E-state index is 0.234. The number of amides is 1. The van der Waals surface area contributed by atoms with Gasteiger partial charge in [-0.3, -0.25) is 9.69 Å². The molecule has 0 bridgehead atoms. The van der Waals surface area contributed by atoms with Gasteiger partial charge in [-0.1, -0.05) is 30.3 Å². The molecule has 28 heavy (non-hydrogen) atoms. The van der Waals surface area contributed by atoms with Gasteiger partial charge in [-0.2, -0.15) is 0 Å². The van der Waals surface area contributed by atoms with E-state index in [-0.39, 0.29) is 5.91 Å². The highest BCUT2D eigenvalue weighted by molar-refractivity contribution is 5.92. The van der Waals surface area contributed by atoms with Crippen molar-refractivity contribution in [3.8, 4) is 0 Å². The summed E-state index contributed by atoms with van der Waals surface area (Å²) in [6, 6.07) is 15.9. The first-order valence-corrected chi connectivity index (χ1v) is 9.42. The van der Waals surface area contributed by atoms with Crippen molar-refractivity contribution in [2.45, 2.75) is 13.1 Å². The lowest BCUT2D eigenvalue weighted by molar-refractivity contribution is 0.0943. The van der Waals surface area contributed by atoms with Gasteiger partial charge in [0.25, 0.3) is 5.91 Å². The van der Waals surface area contributed by atoms with Gasteiger partial charge in [-0.15, -0.1) is 0 Å². The zero-order chi connectivity index (χ0) is 19.2. The third kappa shape index (κ3) is 4.55. The van der Waals surface area contributed by atoms with Crippen LogP contribution in [0.25, 0.3) is 0 Å². The second-order valence-corrected chi connectivity index (χ2v) is 6.77. The summed E-state index contributed by atoms with van der Waals surface area (Å²) in [7, 11) is 0. The largest absolute Gasteiger partial charge is 0.467 e. The molecule has 1 N–H and O–H groups in total. The van der Waals surface area contributed by atoms with Crippen LogP contribution in [0.15, 0.2) is 65.5 Å². The van der Waals surface area contributed by atoms with E-state index in [2.05, 4.69) is 49.4 Å². The maximum atomic E-state index is 12.4. The van der Waals surface area contributed by atoms with Crippen LogP contribution in [-0.2, 0) is 13.1 Å². The Hall–Kier alpha value is -3.19. The molecule has 3 heterocycles. The molecular weight excluding hydrogens is 354 g/mol. The number of benzene rings is 1. The maximum Gasteiger partial charge on any atom is 0.270 e. The Morgan fingerprint density at radius 1 is 1.04 bits per heavy atom. The molecule has 1 fully saturated rings. The molecule has 0 spiro atoms. The number of piperazine rings is 1. The molecule has 1 aromatic carbocycles. The predicted octanol–water partition coefficient (Wildman–Crippen LogP) is 2.32. The van der Waals surface area contributed by atoms with Crippen LogP contribution < -0.4 is 10.2 Å². The first-order valence-electron chi connectivity index (χ1n) is 9.42. The van der Waals surface area contributed by atoms with Crippen LogP contribution in [0.5, 0.6) is 0 Å². The molecular formula is C21H23N5O2. The van der Waals surface area contributed by atoms with E-state index in [1.807, 2.05) is 12.1 Å². The fourth-order valence-corrected chi connectivity index (χ4v) is 3.29. The Bertz CT molecular complexity index is 890. The molecule has 144 valence electrons. The molecule has 0 unspecified atom stereocenters. The van der Waals surface area contributed by atoms with Crippen LogP contribution in [0, 0.1) is 0 Å². The first kappa shape index (κ1) is 18.2. The molecule has 0 aliphatic carbocycles. The van der Waals surface area contributed by atoms with Crippen LogP contribution in [0.1, 0.15) is 21.8 Å². The Balaban J connectivity index is 1.32. The number of carbonyl (C=O) groups excluding carboxylic acids is 1. The number of nitrogens with zero attached hydrogens (tertiary/aromatic N) is 4. The van der Waals surface area contributed by atoms with Crippen LogP contribution in [0.3, 0.4) is 0 Å². The van der Waals surface area contributed by atoms with Gasteiger partial charge < -0.3 is 14.6 Å². The van der Waals surface area contributed by atoms with Gasteiger partial charge in [0.05, 0.1) is 12.8 Å². The Morgan fingerprint density at radius 3 is 2.61 bits per heavy atom. The fraction of sp³-hybridized carbons (Fsp3) is 0.286. The van der Waals surface area contributed by atoms with Crippen molar-refractivity contribution in [3.63, 3.8) is 0 Å². The predicted molar refractivity (Wildman–Crippen MR) is 106 cm³/mol. The van der Waals surface area contributed by atoms with E-state index >= 15 is 0 Å². The number of hydrogen-bond acceptors (Lipinski definition) is 6. The summed E-state index contributed by atoms with van der Waals surface area (Å²) in [4.78, 5) is 25.5. The van der Waals surface area contributed by atoms with Crippen LogP contribution in [-0.4, -0.2) is 47.0 Å². The standard InChI is InChI=1S/C21H23N5O2/c27-21(22-14-18-7-4-12-28-18)19-13-20(24-16-23-19)26-10-8-25(9-11-26)15-17-5-2-1-3-6-17/h1-7,12-13,16H,8-11,14-15H2,(H,22,27). The molecule has 7 nitrogen and oxygen atoms in total. The maximum absolute atomic E-state index is 12.4. The Kier molecular flexibility index (Phi) is 5.63. The van der Waals surface area contributed by atoms with Gasteiger partial charge in [0, 0.05) is 38.8 Å². The van der Waals surface area contributed by atoms with Gasteiger partial charge in [0.15, 0.2) is 0 Å². The second kappa shape index (κ2) is 8.67. The zero-order valence-corrected chi connectivity index (χ0v) is 15.6. The van der Waals surface area contributed by atoms with Crippen molar-refractivity contribution < 1.29 is 9.21 Å². The van der Waals surface area contributed by atoms with E-state index in [1.54, 1.807) is 18.4 Å². The van der Waals surface area contributed by atoms with E-state index < -0.39 is 0 Å². The van der Waals surface area contributed by atoms with E-state index in [4.69, 9.17) is 4.42 Å². The number of carbonyl (C=O) groups is 1. The quantitative estimate of drug-likeness (QED) is 0.711. The Labute approximate surface area is 164 Å². The normalized spacial score (nSPS) is 14.8. The van der Waals surface area contributed by atoms with Crippen molar-refractivity contribution in [2.24, 2.45) is 0 Å². The van der Waals surface area contributed by atoms with E-state index in [0.29, 0.717) is 18.0 Å². The minimum atomic E-state index is -0.234. The number of rotatable bonds is 6. The number of hydrogen-bond donors (Lipinski definition) is 1. The van der Waals surface area contributed by atoms with E-state index in [0.717, 1.165) is 38.5 Å². The smallest absolute Gasteiger partial charge is 0.270 e. The van der Waals surface area contributed by atoms with Crippen LogP contribution in [0.2, 0.25) is 0 Å². The summed E-state index contributed by atoms with van der Waals surface area (Å²) >= 11 is 0. The van der Waals surface area contributed by atoms with Gasteiger partial charge in [0.2, 0.25) is 0 Å². The lowest BCUT2D eigenvalue weighted by atomic mass is 10.2. The third-order valence-electron chi connectivity index (χ3n) is 4.83. The van der Waals surface area contributed by atoms with Crippen LogP contribution >= 0.6 is 0 Å². The van der Waals surface area contributed by atoms with E-state index in [1.165, 1.54) is 11.9 Å². The number of aromatic nitrogens is 2. The molecule has 4 rings (SSSR count). The summed E-state index contributed by atoms with van der Waals surface area (Å²) in [5.41, 5.74) is 1.69. The molecule has 1 aliphatic heterocycles. The lowest BCUT2D eigenvalue weighted by Crippen LogP contribution is -2.46. The van der Waals surface area contributed by atoms with Crippen molar-refractivity contribution in [1.29, 1.82) is 0 Å². The van der Waals surface area contributed by atoms with Crippen LogP contribution in [0.4, 0.5) is 5.82 Å². The second-order valence-electron chi connectivity index (χ2n) is 6.77. The lowest BCUT2D eigenvalue weighted by Gasteiger charge is -2.35. The topological polar surface area (TPSA) is 74.5 Å². The summed E-state index contributed by atoms with van der Waals surface area (Å²) in [5, 5.41) is 2.82.